The summed E-state index contributed by atoms with van der Waals surface area (Å²) in [5.41, 5.74) is 1.60. The van der Waals surface area contributed by atoms with Gasteiger partial charge in [0, 0.05) is 46.4 Å². The number of benzene rings is 1. The normalized spacial score (nSPS) is 20.2. The van der Waals surface area contributed by atoms with E-state index in [1.54, 1.807) is 7.11 Å². The smallest absolute Gasteiger partial charge is 0.191 e. The second-order valence-corrected chi connectivity index (χ2v) is 8.90. The van der Waals surface area contributed by atoms with Gasteiger partial charge < -0.3 is 24.8 Å². The molecule has 1 saturated heterocycles. The highest BCUT2D eigenvalue weighted by atomic mass is 16.5. The lowest BCUT2D eigenvalue weighted by molar-refractivity contribution is 0.0169. The Kier molecular flexibility index (Phi) is 10.1. The molecule has 2 aliphatic rings. The number of nitrogens with one attached hydrogen (secondary N) is 2. The number of methoxy groups -OCH3 is 1. The van der Waals surface area contributed by atoms with E-state index in [9.17, 15) is 0 Å². The highest BCUT2D eigenvalue weighted by molar-refractivity contribution is 5.79. The number of aliphatic imine (C=N–C) groups is 1. The average molecular weight is 447 g/mol. The van der Waals surface area contributed by atoms with Gasteiger partial charge in [0.2, 0.25) is 0 Å². The molecule has 2 N–H and O–H groups in total. The molecule has 1 aromatic carbocycles. The van der Waals surface area contributed by atoms with E-state index in [2.05, 4.69) is 39.6 Å². The molecule has 1 aliphatic carbocycles. The minimum absolute atomic E-state index is 0.252. The first-order chi connectivity index (χ1) is 15.7. The first-order valence-electron chi connectivity index (χ1n) is 12.2. The highest BCUT2D eigenvalue weighted by Crippen LogP contribution is 2.40. The third-order valence-corrected chi connectivity index (χ3v) is 6.95. The standard InChI is InChI=1S/C25H42N4O3/c1-4-31-16-13-25(11-5-6-12-25)20-28-24(26-2)27-19-23(29-14-17-32-18-15-29)21-7-9-22(30-3)10-8-21/h7-10,23H,4-6,11-20H2,1-3H3,(H2,26,27,28). The van der Waals surface area contributed by atoms with Crippen LogP contribution < -0.4 is 15.4 Å². The lowest BCUT2D eigenvalue weighted by Gasteiger charge is -2.35. The number of morpholine rings is 1. The van der Waals surface area contributed by atoms with Gasteiger partial charge in [-0.2, -0.15) is 0 Å². The zero-order valence-corrected chi connectivity index (χ0v) is 20.2. The van der Waals surface area contributed by atoms with Gasteiger partial charge >= 0.3 is 0 Å². The van der Waals surface area contributed by atoms with Crippen LogP contribution in [0.1, 0.15) is 50.6 Å². The molecule has 0 radical (unpaired) electrons. The van der Waals surface area contributed by atoms with Crippen molar-refractivity contribution in [2.45, 2.75) is 45.1 Å². The van der Waals surface area contributed by atoms with Gasteiger partial charge in [-0.15, -0.1) is 0 Å². The predicted octanol–water partition coefficient (Wildman–Crippen LogP) is 3.22. The number of guanidine groups is 1. The molecule has 7 nitrogen and oxygen atoms in total. The number of hydrogen-bond acceptors (Lipinski definition) is 5. The first-order valence-corrected chi connectivity index (χ1v) is 12.2. The summed E-state index contributed by atoms with van der Waals surface area (Å²) in [4.78, 5) is 7.01. The van der Waals surface area contributed by atoms with E-state index in [1.165, 1.54) is 31.2 Å². The first kappa shape index (κ1) is 24.8. The third kappa shape index (κ3) is 7.09. The summed E-state index contributed by atoms with van der Waals surface area (Å²) in [6.45, 7) is 8.88. The Hall–Kier alpha value is -1.83. The average Bonchev–Trinajstić information content (AvgIpc) is 3.31. The van der Waals surface area contributed by atoms with Crippen molar-refractivity contribution < 1.29 is 14.2 Å². The Bertz CT molecular complexity index is 683. The van der Waals surface area contributed by atoms with Gasteiger partial charge in [-0.25, -0.2) is 0 Å². The van der Waals surface area contributed by atoms with Crippen molar-refractivity contribution in [3.63, 3.8) is 0 Å². The van der Waals surface area contributed by atoms with Crippen molar-refractivity contribution in [1.29, 1.82) is 0 Å². The summed E-state index contributed by atoms with van der Waals surface area (Å²) in [6, 6.07) is 8.66. The number of ether oxygens (including phenoxy) is 3. The van der Waals surface area contributed by atoms with Crippen molar-refractivity contribution in [2.24, 2.45) is 10.4 Å². The molecule has 180 valence electrons. The topological polar surface area (TPSA) is 67.3 Å². The fraction of sp³-hybridized carbons (Fsp3) is 0.720. The summed E-state index contributed by atoms with van der Waals surface area (Å²) in [5.74, 6) is 1.76. The molecule has 3 rings (SSSR count). The van der Waals surface area contributed by atoms with Crippen LogP contribution in [0.15, 0.2) is 29.3 Å². The monoisotopic (exact) mass is 446 g/mol. The number of nitrogens with zero attached hydrogens (tertiary/aromatic N) is 2. The molecule has 0 bridgehead atoms. The molecule has 32 heavy (non-hydrogen) atoms. The minimum atomic E-state index is 0.252. The molecular formula is C25H42N4O3. The van der Waals surface area contributed by atoms with Crippen LogP contribution in [0.5, 0.6) is 5.75 Å². The summed E-state index contributed by atoms with van der Waals surface area (Å²) >= 11 is 0. The van der Waals surface area contributed by atoms with Gasteiger partial charge in [0.25, 0.3) is 0 Å². The van der Waals surface area contributed by atoms with Crippen molar-refractivity contribution >= 4 is 5.96 Å². The van der Waals surface area contributed by atoms with Crippen molar-refractivity contribution in [1.82, 2.24) is 15.5 Å². The summed E-state index contributed by atoms with van der Waals surface area (Å²) in [6.07, 6.45) is 6.29. The van der Waals surface area contributed by atoms with Gasteiger partial charge in [0.15, 0.2) is 5.96 Å². The largest absolute Gasteiger partial charge is 0.497 e. The fourth-order valence-corrected chi connectivity index (χ4v) is 4.93. The SMILES string of the molecule is CCOCCC1(CNC(=NC)NCC(c2ccc(OC)cc2)N2CCOCC2)CCCC1. The molecule has 0 spiro atoms. The molecule has 1 atom stereocenters. The Morgan fingerprint density at radius 2 is 1.88 bits per heavy atom. The molecule has 7 heteroatoms. The van der Waals surface area contributed by atoms with E-state index in [0.717, 1.165) is 70.7 Å². The van der Waals surface area contributed by atoms with E-state index < -0.39 is 0 Å². The van der Waals surface area contributed by atoms with Crippen LogP contribution in [0.2, 0.25) is 0 Å². The lowest BCUT2D eigenvalue weighted by atomic mass is 9.83. The van der Waals surface area contributed by atoms with Crippen molar-refractivity contribution in [2.75, 3.05) is 66.8 Å². The van der Waals surface area contributed by atoms with Crippen LogP contribution in [0.3, 0.4) is 0 Å². The fourth-order valence-electron chi connectivity index (χ4n) is 4.93. The van der Waals surface area contributed by atoms with Gasteiger partial charge in [-0.05, 0) is 49.3 Å². The molecule has 1 unspecified atom stereocenters. The maximum Gasteiger partial charge on any atom is 0.191 e. The Morgan fingerprint density at radius 1 is 1.16 bits per heavy atom. The molecule has 1 aliphatic heterocycles. The van der Waals surface area contributed by atoms with E-state index in [-0.39, 0.29) is 6.04 Å². The molecule has 0 amide bonds. The molecule has 2 fully saturated rings. The Morgan fingerprint density at radius 3 is 2.50 bits per heavy atom. The molecule has 0 aromatic heterocycles. The van der Waals surface area contributed by atoms with Crippen molar-refractivity contribution in [3.8, 4) is 5.75 Å². The quantitative estimate of drug-likeness (QED) is 0.309. The van der Waals surface area contributed by atoms with Gasteiger partial charge in [0.05, 0.1) is 26.4 Å². The maximum absolute atomic E-state index is 5.67. The molecule has 1 heterocycles. The van der Waals surface area contributed by atoms with Gasteiger partial charge in [-0.3, -0.25) is 9.89 Å². The third-order valence-electron chi connectivity index (χ3n) is 6.95. The summed E-state index contributed by atoms with van der Waals surface area (Å²) < 4.78 is 16.6. The van der Waals surface area contributed by atoms with Crippen LogP contribution in [-0.4, -0.2) is 77.6 Å². The Labute approximate surface area is 193 Å². The predicted molar refractivity (Wildman–Crippen MR) is 130 cm³/mol. The van der Waals surface area contributed by atoms with Crippen molar-refractivity contribution in [3.05, 3.63) is 29.8 Å². The van der Waals surface area contributed by atoms with Gasteiger partial charge in [-0.1, -0.05) is 25.0 Å². The molecular weight excluding hydrogens is 404 g/mol. The minimum Gasteiger partial charge on any atom is -0.497 e. The second-order valence-electron chi connectivity index (χ2n) is 8.90. The van der Waals surface area contributed by atoms with E-state index >= 15 is 0 Å². The van der Waals surface area contributed by atoms with Gasteiger partial charge in [0.1, 0.15) is 5.75 Å². The van der Waals surface area contributed by atoms with E-state index in [4.69, 9.17) is 14.2 Å². The zero-order chi connectivity index (χ0) is 22.7. The van der Waals surface area contributed by atoms with E-state index in [1.807, 2.05) is 19.2 Å². The highest BCUT2D eigenvalue weighted by Gasteiger charge is 2.33. The number of hydrogen-bond donors (Lipinski definition) is 2. The molecule has 1 aromatic rings. The Balaban J connectivity index is 1.60. The van der Waals surface area contributed by atoms with Crippen LogP contribution >= 0.6 is 0 Å². The lowest BCUT2D eigenvalue weighted by Crippen LogP contribution is -2.48. The van der Waals surface area contributed by atoms with E-state index in [0.29, 0.717) is 5.41 Å². The maximum atomic E-state index is 5.67. The zero-order valence-electron chi connectivity index (χ0n) is 20.2. The number of rotatable bonds is 11. The summed E-state index contributed by atoms with van der Waals surface area (Å²) in [7, 11) is 3.56. The van der Waals surface area contributed by atoms with Crippen LogP contribution in [-0.2, 0) is 9.47 Å². The molecule has 1 saturated carbocycles. The van der Waals surface area contributed by atoms with Crippen LogP contribution in [0, 0.1) is 5.41 Å². The van der Waals surface area contributed by atoms with Crippen LogP contribution in [0.25, 0.3) is 0 Å². The summed E-state index contributed by atoms with van der Waals surface area (Å²) in [5, 5.41) is 7.22. The van der Waals surface area contributed by atoms with Crippen LogP contribution in [0.4, 0.5) is 0 Å². The second kappa shape index (κ2) is 13.0.